The van der Waals surface area contributed by atoms with Crippen molar-refractivity contribution in [2.24, 2.45) is 13.0 Å². The SMILES string of the molecule is CC1CCc2c(sc(NC(=O)CCSc3c([O-])on[n+]3C)c2C#N)C1. The van der Waals surface area contributed by atoms with Gasteiger partial charge in [0, 0.05) is 17.1 Å². The molecule has 1 aliphatic carbocycles. The molecule has 3 rings (SSSR count). The van der Waals surface area contributed by atoms with Crippen LogP contribution in [0, 0.1) is 17.2 Å². The minimum Gasteiger partial charge on any atom is -0.538 e. The quantitative estimate of drug-likeness (QED) is 0.628. The smallest absolute Gasteiger partial charge is 0.290 e. The monoisotopic (exact) mass is 378 g/mol. The Bertz CT molecular complexity index is 818. The van der Waals surface area contributed by atoms with Crippen LogP contribution in [0.2, 0.25) is 0 Å². The van der Waals surface area contributed by atoms with Crippen LogP contribution in [0.5, 0.6) is 5.95 Å². The van der Waals surface area contributed by atoms with Gasteiger partial charge in [0.2, 0.25) is 5.91 Å². The summed E-state index contributed by atoms with van der Waals surface area (Å²) >= 11 is 2.74. The average Bonchev–Trinajstić information content (AvgIpc) is 3.07. The molecule has 0 saturated heterocycles. The summed E-state index contributed by atoms with van der Waals surface area (Å²) in [5.74, 6) is 0.380. The number of amides is 1. The number of nitrogens with zero attached hydrogens (tertiary/aromatic N) is 3. The van der Waals surface area contributed by atoms with Crippen molar-refractivity contribution in [3.8, 4) is 12.0 Å². The molecular formula is C16H18N4O3S2. The largest absolute Gasteiger partial charge is 0.538 e. The van der Waals surface area contributed by atoms with Crippen molar-refractivity contribution in [3.63, 3.8) is 0 Å². The van der Waals surface area contributed by atoms with Crippen molar-refractivity contribution in [1.82, 2.24) is 5.27 Å². The maximum absolute atomic E-state index is 12.2. The van der Waals surface area contributed by atoms with E-state index in [1.165, 1.54) is 32.7 Å². The van der Waals surface area contributed by atoms with Gasteiger partial charge in [-0.2, -0.15) is 5.26 Å². The lowest BCUT2D eigenvalue weighted by Crippen LogP contribution is -2.32. The van der Waals surface area contributed by atoms with Gasteiger partial charge in [-0.05, 0) is 30.7 Å². The van der Waals surface area contributed by atoms with Crippen molar-refractivity contribution in [1.29, 1.82) is 5.26 Å². The minimum absolute atomic E-state index is 0.165. The molecule has 1 amide bonds. The van der Waals surface area contributed by atoms with Crippen LogP contribution < -0.4 is 15.1 Å². The Kier molecular flexibility index (Phi) is 5.30. The maximum Gasteiger partial charge on any atom is 0.290 e. The molecule has 0 aliphatic heterocycles. The van der Waals surface area contributed by atoms with E-state index in [2.05, 4.69) is 28.1 Å². The molecule has 9 heteroatoms. The summed E-state index contributed by atoms with van der Waals surface area (Å²) in [6, 6.07) is 2.24. The molecular weight excluding hydrogens is 360 g/mol. The summed E-state index contributed by atoms with van der Waals surface area (Å²) in [5.41, 5.74) is 1.71. The summed E-state index contributed by atoms with van der Waals surface area (Å²) in [6.07, 6.45) is 3.18. The topological polar surface area (TPSA) is 106 Å². The summed E-state index contributed by atoms with van der Waals surface area (Å²) in [4.78, 5) is 13.4. The zero-order chi connectivity index (χ0) is 18.0. The van der Waals surface area contributed by atoms with Crippen molar-refractivity contribution in [3.05, 3.63) is 16.0 Å². The molecule has 1 aliphatic rings. The number of rotatable bonds is 5. The molecule has 0 aromatic carbocycles. The van der Waals surface area contributed by atoms with E-state index >= 15 is 0 Å². The number of hydrogen-bond acceptors (Lipinski definition) is 7. The first kappa shape index (κ1) is 17.8. The Balaban J connectivity index is 1.61. The van der Waals surface area contributed by atoms with Crippen molar-refractivity contribution in [2.45, 2.75) is 37.6 Å². The molecule has 0 fully saturated rings. The van der Waals surface area contributed by atoms with E-state index in [9.17, 15) is 15.2 Å². The van der Waals surface area contributed by atoms with Gasteiger partial charge >= 0.3 is 0 Å². The van der Waals surface area contributed by atoms with Crippen LogP contribution >= 0.6 is 23.1 Å². The summed E-state index contributed by atoms with van der Waals surface area (Å²) in [5, 5.41) is 28.3. The van der Waals surface area contributed by atoms with E-state index in [0.29, 0.717) is 27.3 Å². The fourth-order valence-corrected chi connectivity index (χ4v) is 5.08. The predicted octanol–water partition coefficient (Wildman–Crippen LogP) is 1.75. The number of nitrogens with one attached hydrogen (secondary N) is 1. The number of anilines is 1. The number of carbonyl (C=O) groups excluding carboxylic acids is 1. The van der Waals surface area contributed by atoms with Gasteiger partial charge in [-0.15, -0.1) is 11.3 Å². The number of aromatic nitrogens is 2. The van der Waals surface area contributed by atoms with E-state index in [-0.39, 0.29) is 12.3 Å². The van der Waals surface area contributed by atoms with Gasteiger partial charge in [0.25, 0.3) is 5.03 Å². The van der Waals surface area contributed by atoms with Gasteiger partial charge in [-0.1, -0.05) is 23.4 Å². The number of nitriles is 1. The first-order valence-corrected chi connectivity index (χ1v) is 9.80. The summed E-state index contributed by atoms with van der Waals surface area (Å²) in [6.45, 7) is 2.21. The third-order valence-electron chi connectivity index (χ3n) is 4.16. The highest BCUT2D eigenvalue weighted by molar-refractivity contribution is 7.99. The molecule has 0 spiro atoms. The highest BCUT2D eigenvalue weighted by Gasteiger charge is 2.24. The summed E-state index contributed by atoms with van der Waals surface area (Å²) < 4.78 is 5.89. The molecule has 25 heavy (non-hydrogen) atoms. The Hall–Kier alpha value is -2.05. The molecule has 2 heterocycles. The molecule has 1 unspecified atom stereocenters. The highest BCUT2D eigenvalue weighted by Crippen LogP contribution is 2.39. The third-order valence-corrected chi connectivity index (χ3v) is 6.44. The van der Waals surface area contributed by atoms with Crippen LogP contribution in [0.3, 0.4) is 0 Å². The minimum atomic E-state index is -0.500. The van der Waals surface area contributed by atoms with Crippen molar-refractivity contribution in [2.75, 3.05) is 11.1 Å². The van der Waals surface area contributed by atoms with Crippen LogP contribution in [0.25, 0.3) is 0 Å². The fraction of sp³-hybridized carbons (Fsp3) is 0.500. The van der Waals surface area contributed by atoms with Gasteiger partial charge in [0.1, 0.15) is 11.1 Å². The first-order valence-electron chi connectivity index (χ1n) is 7.99. The van der Waals surface area contributed by atoms with Crippen molar-refractivity contribution < 1.29 is 19.1 Å². The lowest BCUT2D eigenvalue weighted by atomic mass is 9.89. The molecule has 1 N–H and O–H groups in total. The number of thiophene rings is 1. The zero-order valence-corrected chi connectivity index (χ0v) is 15.6. The fourth-order valence-electron chi connectivity index (χ4n) is 2.85. The van der Waals surface area contributed by atoms with Crippen LogP contribution in [0.1, 0.15) is 35.8 Å². The van der Waals surface area contributed by atoms with Gasteiger partial charge in [0.05, 0.1) is 10.8 Å². The number of thioether (sulfide) groups is 1. The molecule has 2 aromatic heterocycles. The second kappa shape index (κ2) is 7.45. The standard InChI is InChI=1S/C16H18N4O3S2/c1-9-3-4-10-11(8-17)14(25-12(10)7-9)18-13(21)5-6-24-15-16(22)23-19-20(15)2/h9H,3-7H2,1-2H3,(H-,18,19,21,22). The van der Waals surface area contributed by atoms with Crippen LogP contribution in [0.15, 0.2) is 9.55 Å². The van der Waals surface area contributed by atoms with E-state index in [0.717, 1.165) is 24.8 Å². The molecule has 2 aromatic rings. The molecule has 0 radical (unpaired) electrons. The number of carbonyl (C=O) groups is 1. The van der Waals surface area contributed by atoms with Gasteiger partial charge in [-0.25, -0.2) is 0 Å². The Labute approximate surface area is 153 Å². The molecule has 1 atom stereocenters. The normalized spacial score (nSPS) is 16.3. The molecule has 0 saturated carbocycles. The lowest BCUT2D eigenvalue weighted by molar-refractivity contribution is -0.772. The first-order chi connectivity index (χ1) is 12.0. The Morgan fingerprint density at radius 1 is 1.64 bits per heavy atom. The predicted molar refractivity (Wildman–Crippen MR) is 91.3 cm³/mol. The van der Waals surface area contributed by atoms with Crippen LogP contribution in [0.4, 0.5) is 5.00 Å². The number of hydrogen-bond donors (Lipinski definition) is 1. The Morgan fingerprint density at radius 3 is 3.12 bits per heavy atom. The second-order valence-electron chi connectivity index (χ2n) is 6.10. The van der Waals surface area contributed by atoms with E-state index in [1.54, 1.807) is 7.05 Å². The van der Waals surface area contributed by atoms with Crippen LogP contribution in [-0.4, -0.2) is 16.9 Å². The van der Waals surface area contributed by atoms with Crippen LogP contribution in [-0.2, 0) is 24.7 Å². The number of aryl methyl sites for hydroxylation is 1. The van der Waals surface area contributed by atoms with Crippen molar-refractivity contribution >= 4 is 34.0 Å². The van der Waals surface area contributed by atoms with E-state index in [1.807, 2.05) is 0 Å². The second-order valence-corrected chi connectivity index (χ2v) is 8.29. The Morgan fingerprint density at radius 2 is 2.44 bits per heavy atom. The van der Waals surface area contributed by atoms with E-state index < -0.39 is 5.95 Å². The number of fused-ring (bicyclic) bond motifs is 1. The van der Waals surface area contributed by atoms with Gasteiger partial charge < -0.3 is 14.9 Å². The van der Waals surface area contributed by atoms with E-state index in [4.69, 9.17) is 0 Å². The summed E-state index contributed by atoms with van der Waals surface area (Å²) in [7, 11) is 1.61. The molecule has 7 nitrogen and oxygen atoms in total. The highest BCUT2D eigenvalue weighted by atomic mass is 32.2. The van der Waals surface area contributed by atoms with Gasteiger partial charge in [-0.3, -0.25) is 4.79 Å². The maximum atomic E-state index is 12.2. The zero-order valence-electron chi connectivity index (χ0n) is 14.0. The third kappa shape index (κ3) is 3.80. The average molecular weight is 378 g/mol. The van der Waals surface area contributed by atoms with Gasteiger partial charge in [0.15, 0.2) is 13.0 Å². The lowest BCUT2D eigenvalue weighted by Gasteiger charge is -2.17. The molecule has 0 bridgehead atoms. The molecule has 132 valence electrons.